The average Bonchev–Trinajstić information content (AvgIpc) is 2.86. The Labute approximate surface area is 111 Å². The summed E-state index contributed by atoms with van der Waals surface area (Å²) in [6.45, 7) is 3.46. The molecule has 1 aromatic heterocycles. The number of hydrogen-bond acceptors (Lipinski definition) is 5. The molecule has 2 rings (SSSR count). The van der Waals surface area contributed by atoms with Crippen molar-refractivity contribution in [3.8, 4) is 0 Å². The largest absolute Gasteiger partial charge is 0.380 e. The third-order valence-corrected chi connectivity index (χ3v) is 3.64. The maximum Gasteiger partial charge on any atom is 0.205 e. The molecule has 1 aromatic carbocycles. The van der Waals surface area contributed by atoms with Crippen LogP contribution in [0.2, 0.25) is 0 Å². The van der Waals surface area contributed by atoms with Crippen LogP contribution in [0.5, 0.6) is 0 Å². The fraction of sp³-hybridized carbons (Fsp3) is 0.385. The Morgan fingerprint density at radius 2 is 2.00 bits per heavy atom. The van der Waals surface area contributed by atoms with Crippen LogP contribution in [0.1, 0.15) is 23.1 Å². The van der Waals surface area contributed by atoms with Crippen molar-refractivity contribution in [2.45, 2.75) is 26.5 Å². The van der Waals surface area contributed by atoms with Crippen molar-refractivity contribution in [2.75, 3.05) is 12.4 Å². The SMILES string of the molecule is CCc1nnc(NCc2ccccc2COC)s1. The van der Waals surface area contributed by atoms with Crippen LogP contribution in [-0.2, 0) is 24.3 Å². The first-order valence-electron chi connectivity index (χ1n) is 5.95. The van der Waals surface area contributed by atoms with Crippen molar-refractivity contribution in [1.29, 1.82) is 0 Å². The number of nitrogens with zero attached hydrogens (tertiary/aromatic N) is 2. The zero-order chi connectivity index (χ0) is 12.8. The van der Waals surface area contributed by atoms with Gasteiger partial charge in [0.1, 0.15) is 5.01 Å². The lowest BCUT2D eigenvalue weighted by molar-refractivity contribution is 0.184. The van der Waals surface area contributed by atoms with Gasteiger partial charge < -0.3 is 10.1 Å². The molecule has 0 saturated heterocycles. The molecule has 0 saturated carbocycles. The number of ether oxygens (including phenoxy) is 1. The van der Waals surface area contributed by atoms with E-state index in [1.165, 1.54) is 11.1 Å². The van der Waals surface area contributed by atoms with Gasteiger partial charge in [-0.05, 0) is 17.5 Å². The van der Waals surface area contributed by atoms with Gasteiger partial charge in [-0.15, -0.1) is 10.2 Å². The number of methoxy groups -OCH3 is 1. The molecule has 0 bridgehead atoms. The van der Waals surface area contributed by atoms with Gasteiger partial charge in [0.05, 0.1) is 6.61 Å². The van der Waals surface area contributed by atoms with Crippen molar-refractivity contribution < 1.29 is 4.74 Å². The van der Waals surface area contributed by atoms with E-state index >= 15 is 0 Å². The van der Waals surface area contributed by atoms with Gasteiger partial charge in [0.25, 0.3) is 0 Å². The zero-order valence-electron chi connectivity index (χ0n) is 10.6. The molecule has 0 amide bonds. The van der Waals surface area contributed by atoms with E-state index in [-0.39, 0.29) is 0 Å². The van der Waals surface area contributed by atoms with Crippen molar-refractivity contribution in [3.05, 3.63) is 40.4 Å². The second-order valence-electron chi connectivity index (χ2n) is 3.91. The maximum absolute atomic E-state index is 5.19. The van der Waals surface area contributed by atoms with Crippen LogP contribution in [0.3, 0.4) is 0 Å². The second kappa shape index (κ2) is 6.47. The van der Waals surface area contributed by atoms with Crippen LogP contribution in [0.25, 0.3) is 0 Å². The standard InChI is InChI=1S/C13H17N3OS/c1-3-12-15-16-13(18-12)14-8-10-6-4-5-7-11(10)9-17-2/h4-7H,3,8-9H2,1-2H3,(H,14,16). The molecule has 0 spiro atoms. The first-order chi connectivity index (χ1) is 8.83. The topological polar surface area (TPSA) is 47.0 Å². The molecule has 0 atom stereocenters. The van der Waals surface area contributed by atoms with Gasteiger partial charge in [0.15, 0.2) is 0 Å². The van der Waals surface area contributed by atoms with Gasteiger partial charge in [0.2, 0.25) is 5.13 Å². The van der Waals surface area contributed by atoms with Crippen LogP contribution in [0.4, 0.5) is 5.13 Å². The van der Waals surface area contributed by atoms with Crippen LogP contribution in [-0.4, -0.2) is 17.3 Å². The van der Waals surface area contributed by atoms with E-state index in [0.717, 1.165) is 23.1 Å². The molecule has 0 aliphatic heterocycles. The number of anilines is 1. The van der Waals surface area contributed by atoms with Gasteiger partial charge in [0, 0.05) is 13.7 Å². The van der Waals surface area contributed by atoms with Crippen molar-refractivity contribution in [3.63, 3.8) is 0 Å². The highest BCUT2D eigenvalue weighted by Gasteiger charge is 2.04. The molecule has 0 fully saturated rings. The summed E-state index contributed by atoms with van der Waals surface area (Å²) in [5.74, 6) is 0. The van der Waals surface area contributed by atoms with E-state index in [0.29, 0.717) is 6.61 Å². The van der Waals surface area contributed by atoms with E-state index in [9.17, 15) is 0 Å². The summed E-state index contributed by atoms with van der Waals surface area (Å²) < 4.78 is 5.19. The van der Waals surface area contributed by atoms with Gasteiger partial charge in [-0.1, -0.05) is 42.5 Å². The normalized spacial score (nSPS) is 10.6. The second-order valence-corrected chi connectivity index (χ2v) is 4.97. The van der Waals surface area contributed by atoms with Gasteiger partial charge >= 0.3 is 0 Å². The summed E-state index contributed by atoms with van der Waals surface area (Å²) in [5, 5.41) is 13.4. The monoisotopic (exact) mass is 263 g/mol. The molecule has 1 heterocycles. The number of aryl methyl sites for hydroxylation is 1. The molecule has 96 valence electrons. The summed E-state index contributed by atoms with van der Waals surface area (Å²) in [5.41, 5.74) is 2.43. The fourth-order valence-corrected chi connectivity index (χ4v) is 2.34. The fourth-order valence-electron chi connectivity index (χ4n) is 1.67. The highest BCUT2D eigenvalue weighted by atomic mass is 32.1. The number of hydrogen-bond donors (Lipinski definition) is 1. The van der Waals surface area contributed by atoms with Crippen molar-refractivity contribution in [1.82, 2.24) is 10.2 Å². The predicted octanol–water partition coefficient (Wildman–Crippen LogP) is 2.86. The Balaban J connectivity index is 2.01. The maximum atomic E-state index is 5.19. The Bertz CT molecular complexity index is 498. The van der Waals surface area contributed by atoms with Crippen molar-refractivity contribution >= 4 is 16.5 Å². The molecule has 4 nitrogen and oxygen atoms in total. The van der Waals surface area contributed by atoms with E-state index in [2.05, 4.69) is 34.6 Å². The molecule has 0 unspecified atom stereocenters. The van der Waals surface area contributed by atoms with Gasteiger partial charge in [-0.2, -0.15) is 0 Å². The van der Waals surface area contributed by atoms with Crippen LogP contribution >= 0.6 is 11.3 Å². The van der Waals surface area contributed by atoms with Crippen LogP contribution in [0, 0.1) is 0 Å². The number of aromatic nitrogens is 2. The quantitative estimate of drug-likeness (QED) is 0.870. The first kappa shape index (κ1) is 13.0. The van der Waals surface area contributed by atoms with E-state index < -0.39 is 0 Å². The molecular weight excluding hydrogens is 246 g/mol. The molecule has 18 heavy (non-hydrogen) atoms. The minimum atomic E-state index is 0.633. The molecule has 0 aliphatic rings. The van der Waals surface area contributed by atoms with Gasteiger partial charge in [-0.3, -0.25) is 0 Å². The Kier molecular flexibility index (Phi) is 4.66. The molecule has 2 aromatic rings. The summed E-state index contributed by atoms with van der Waals surface area (Å²) >= 11 is 1.61. The molecule has 0 radical (unpaired) electrons. The van der Waals surface area contributed by atoms with Crippen LogP contribution in [0.15, 0.2) is 24.3 Å². The molecule has 1 N–H and O–H groups in total. The number of rotatable bonds is 6. The Morgan fingerprint density at radius 1 is 1.22 bits per heavy atom. The molecular formula is C13H17N3OS. The zero-order valence-corrected chi connectivity index (χ0v) is 11.5. The highest BCUT2D eigenvalue weighted by Crippen LogP contribution is 2.17. The Morgan fingerprint density at radius 3 is 2.67 bits per heavy atom. The Hall–Kier alpha value is -1.46. The minimum absolute atomic E-state index is 0.633. The first-order valence-corrected chi connectivity index (χ1v) is 6.77. The third kappa shape index (κ3) is 3.27. The van der Waals surface area contributed by atoms with Crippen molar-refractivity contribution in [2.24, 2.45) is 0 Å². The van der Waals surface area contributed by atoms with E-state index in [1.54, 1.807) is 18.4 Å². The summed E-state index contributed by atoms with van der Waals surface area (Å²) in [6.07, 6.45) is 0.930. The van der Waals surface area contributed by atoms with E-state index in [4.69, 9.17) is 4.74 Å². The van der Waals surface area contributed by atoms with E-state index in [1.807, 2.05) is 12.1 Å². The predicted molar refractivity (Wildman–Crippen MR) is 73.8 cm³/mol. The average molecular weight is 263 g/mol. The summed E-state index contributed by atoms with van der Waals surface area (Å²) in [4.78, 5) is 0. The summed E-state index contributed by atoms with van der Waals surface area (Å²) in [6, 6.07) is 8.24. The molecule has 5 heteroatoms. The minimum Gasteiger partial charge on any atom is -0.380 e. The lowest BCUT2D eigenvalue weighted by atomic mass is 10.1. The smallest absolute Gasteiger partial charge is 0.205 e. The number of benzene rings is 1. The summed E-state index contributed by atoms with van der Waals surface area (Å²) in [7, 11) is 1.71. The lowest BCUT2D eigenvalue weighted by Gasteiger charge is -2.08. The number of nitrogens with one attached hydrogen (secondary N) is 1. The van der Waals surface area contributed by atoms with Gasteiger partial charge in [-0.25, -0.2) is 0 Å². The van der Waals surface area contributed by atoms with Crippen LogP contribution < -0.4 is 5.32 Å². The lowest BCUT2D eigenvalue weighted by Crippen LogP contribution is -2.03. The highest BCUT2D eigenvalue weighted by molar-refractivity contribution is 7.15. The third-order valence-electron chi connectivity index (χ3n) is 2.62. The molecule has 0 aliphatic carbocycles.